The Hall–Kier alpha value is -1.88. The van der Waals surface area contributed by atoms with E-state index >= 15 is 0 Å². The van der Waals surface area contributed by atoms with E-state index in [-0.39, 0.29) is 17.7 Å². The molecule has 1 saturated carbocycles. The van der Waals surface area contributed by atoms with E-state index in [9.17, 15) is 9.18 Å². The third-order valence-electron chi connectivity index (χ3n) is 3.57. The summed E-state index contributed by atoms with van der Waals surface area (Å²) in [6, 6.07) is 4.92. The van der Waals surface area contributed by atoms with E-state index in [0.29, 0.717) is 23.7 Å². The maximum Gasteiger partial charge on any atom is 0.307 e. The summed E-state index contributed by atoms with van der Waals surface area (Å²) in [5.41, 5.74) is 1.28. The number of aliphatic carboxylic acids is 1. The number of imidazole rings is 1. The monoisotopic (exact) mass is 294 g/mol. The maximum absolute atomic E-state index is 14.0. The Labute approximate surface area is 119 Å². The van der Waals surface area contributed by atoms with Crippen LogP contribution in [-0.2, 0) is 11.3 Å². The van der Waals surface area contributed by atoms with Crippen molar-refractivity contribution in [2.75, 3.05) is 0 Å². The molecule has 0 amide bonds. The first-order valence-electron chi connectivity index (χ1n) is 6.23. The van der Waals surface area contributed by atoms with E-state index in [4.69, 9.17) is 16.7 Å². The quantitative estimate of drug-likeness (QED) is 0.943. The predicted molar refractivity (Wildman–Crippen MR) is 71.2 cm³/mol. The largest absolute Gasteiger partial charge is 0.481 e. The van der Waals surface area contributed by atoms with Gasteiger partial charge in [-0.1, -0.05) is 23.7 Å². The summed E-state index contributed by atoms with van der Waals surface area (Å²) in [5.74, 6) is -1.57. The van der Waals surface area contributed by atoms with Gasteiger partial charge in [0.2, 0.25) is 0 Å². The predicted octanol–water partition coefficient (Wildman–Crippen LogP) is 2.91. The second-order valence-electron chi connectivity index (χ2n) is 5.01. The molecule has 0 spiro atoms. The molecule has 1 aliphatic rings. The Balaban J connectivity index is 1.76. The Morgan fingerprint density at radius 2 is 2.35 bits per heavy atom. The summed E-state index contributed by atoms with van der Waals surface area (Å²) < 4.78 is 15.7. The number of hydrogen-bond acceptors (Lipinski definition) is 2. The number of halogens is 2. The zero-order valence-electron chi connectivity index (χ0n) is 10.5. The molecule has 1 aromatic carbocycles. The molecule has 1 aliphatic carbocycles. The molecule has 1 heterocycles. The fourth-order valence-electron chi connectivity index (χ4n) is 2.37. The Morgan fingerprint density at radius 1 is 1.55 bits per heavy atom. The van der Waals surface area contributed by atoms with Crippen molar-refractivity contribution >= 4 is 17.6 Å². The van der Waals surface area contributed by atoms with Crippen LogP contribution in [0.1, 0.15) is 23.5 Å². The number of hydrogen-bond donors (Lipinski definition) is 1. The number of carboxylic acids is 1. The van der Waals surface area contributed by atoms with Crippen molar-refractivity contribution in [3.05, 3.63) is 52.8 Å². The summed E-state index contributed by atoms with van der Waals surface area (Å²) in [4.78, 5) is 14.7. The number of nitrogens with zero attached hydrogens (tertiary/aromatic N) is 2. The van der Waals surface area contributed by atoms with Crippen LogP contribution in [0.2, 0.25) is 5.15 Å². The highest BCUT2D eigenvalue weighted by atomic mass is 35.5. The number of rotatable bonds is 4. The molecule has 2 atom stereocenters. The van der Waals surface area contributed by atoms with Crippen LogP contribution in [0.25, 0.3) is 0 Å². The average molecular weight is 295 g/mol. The van der Waals surface area contributed by atoms with E-state index in [1.807, 2.05) is 0 Å². The lowest BCUT2D eigenvalue weighted by molar-refractivity contribution is -0.138. The average Bonchev–Trinajstić information content (AvgIpc) is 3.10. The summed E-state index contributed by atoms with van der Waals surface area (Å²) in [6.45, 7) is 0.346. The van der Waals surface area contributed by atoms with Crippen molar-refractivity contribution in [1.82, 2.24) is 9.55 Å². The number of aromatic nitrogens is 2. The van der Waals surface area contributed by atoms with Crippen molar-refractivity contribution in [3.8, 4) is 0 Å². The van der Waals surface area contributed by atoms with Gasteiger partial charge in [-0.3, -0.25) is 4.79 Å². The summed E-state index contributed by atoms with van der Waals surface area (Å²) >= 11 is 5.71. The first kappa shape index (κ1) is 13.1. The molecular formula is C14H12ClFN2O2. The lowest BCUT2D eigenvalue weighted by atomic mass is 10.1. The van der Waals surface area contributed by atoms with Crippen molar-refractivity contribution in [2.24, 2.45) is 5.92 Å². The minimum atomic E-state index is -0.812. The van der Waals surface area contributed by atoms with Crippen molar-refractivity contribution in [2.45, 2.75) is 18.9 Å². The van der Waals surface area contributed by atoms with E-state index in [1.165, 1.54) is 12.4 Å². The minimum absolute atomic E-state index is 0.0567. The molecule has 1 N–H and O–H groups in total. The SMILES string of the molecule is O=C(O)[C@H]1C[C@@H]1c1ccc(Cn2cnc(Cl)c2)c(F)c1. The molecule has 0 radical (unpaired) electrons. The van der Waals surface area contributed by atoms with Crippen molar-refractivity contribution in [3.63, 3.8) is 0 Å². The molecule has 3 rings (SSSR count). The van der Waals surface area contributed by atoms with Gasteiger partial charge in [-0.05, 0) is 24.0 Å². The van der Waals surface area contributed by atoms with Gasteiger partial charge in [0.25, 0.3) is 0 Å². The van der Waals surface area contributed by atoms with Gasteiger partial charge in [-0.2, -0.15) is 0 Å². The molecule has 4 nitrogen and oxygen atoms in total. The molecule has 0 bridgehead atoms. The van der Waals surface area contributed by atoms with Gasteiger partial charge in [-0.25, -0.2) is 9.37 Å². The van der Waals surface area contributed by atoms with Crippen LogP contribution in [0.3, 0.4) is 0 Å². The second-order valence-corrected chi connectivity index (χ2v) is 5.39. The van der Waals surface area contributed by atoms with E-state index in [2.05, 4.69) is 4.98 Å². The maximum atomic E-state index is 14.0. The van der Waals surface area contributed by atoms with E-state index in [1.54, 1.807) is 22.9 Å². The smallest absolute Gasteiger partial charge is 0.307 e. The lowest BCUT2D eigenvalue weighted by Gasteiger charge is -2.06. The highest BCUT2D eigenvalue weighted by molar-refractivity contribution is 6.29. The summed E-state index contributed by atoms with van der Waals surface area (Å²) in [6.07, 6.45) is 3.75. The van der Waals surface area contributed by atoms with Crippen LogP contribution in [0.4, 0.5) is 4.39 Å². The molecule has 20 heavy (non-hydrogen) atoms. The summed E-state index contributed by atoms with van der Waals surface area (Å²) in [5, 5.41) is 9.25. The van der Waals surface area contributed by atoms with Gasteiger partial charge in [0.15, 0.2) is 0 Å². The normalized spacial score (nSPS) is 20.9. The van der Waals surface area contributed by atoms with Crippen LogP contribution in [0.5, 0.6) is 0 Å². The summed E-state index contributed by atoms with van der Waals surface area (Å²) in [7, 11) is 0. The molecule has 2 aromatic rings. The Bertz CT molecular complexity index is 671. The Morgan fingerprint density at radius 3 is 2.90 bits per heavy atom. The molecule has 0 aliphatic heterocycles. The molecule has 1 aromatic heterocycles. The fourth-order valence-corrected chi connectivity index (χ4v) is 2.54. The molecular weight excluding hydrogens is 283 g/mol. The second kappa shape index (κ2) is 4.90. The van der Waals surface area contributed by atoms with Gasteiger partial charge < -0.3 is 9.67 Å². The van der Waals surface area contributed by atoms with Gasteiger partial charge in [0.05, 0.1) is 18.8 Å². The topological polar surface area (TPSA) is 55.1 Å². The van der Waals surface area contributed by atoms with E-state index < -0.39 is 5.97 Å². The first-order chi connectivity index (χ1) is 9.54. The van der Waals surface area contributed by atoms with Crippen molar-refractivity contribution in [1.29, 1.82) is 0 Å². The van der Waals surface area contributed by atoms with Gasteiger partial charge in [0, 0.05) is 11.8 Å². The van der Waals surface area contributed by atoms with E-state index in [0.717, 1.165) is 5.56 Å². The Kier molecular flexibility index (Phi) is 3.22. The highest BCUT2D eigenvalue weighted by Crippen LogP contribution is 2.47. The molecule has 104 valence electrons. The van der Waals surface area contributed by atoms with Crippen LogP contribution in [0, 0.1) is 11.7 Å². The third kappa shape index (κ3) is 2.54. The standard InChI is InChI=1S/C14H12ClFN2O2/c15-13-6-18(7-17-13)5-9-2-1-8(3-12(9)16)10-4-11(10)14(19)20/h1-3,6-7,10-11H,4-5H2,(H,19,20)/t10-,11+/m1/s1. The fraction of sp³-hybridized carbons (Fsp3) is 0.286. The number of carbonyl (C=O) groups is 1. The molecule has 6 heteroatoms. The molecule has 1 fully saturated rings. The van der Waals surface area contributed by atoms with Crippen LogP contribution >= 0.6 is 11.6 Å². The third-order valence-corrected chi connectivity index (χ3v) is 3.76. The molecule has 0 saturated heterocycles. The lowest BCUT2D eigenvalue weighted by Crippen LogP contribution is -2.02. The van der Waals surface area contributed by atoms with Crippen molar-refractivity contribution < 1.29 is 14.3 Å². The van der Waals surface area contributed by atoms with Crippen LogP contribution in [-0.4, -0.2) is 20.6 Å². The van der Waals surface area contributed by atoms with Crippen LogP contribution in [0.15, 0.2) is 30.7 Å². The zero-order valence-corrected chi connectivity index (χ0v) is 11.2. The number of benzene rings is 1. The molecule has 0 unspecified atom stereocenters. The van der Waals surface area contributed by atoms with Gasteiger partial charge in [0.1, 0.15) is 11.0 Å². The highest BCUT2D eigenvalue weighted by Gasteiger charge is 2.44. The van der Waals surface area contributed by atoms with Gasteiger partial charge >= 0.3 is 5.97 Å². The minimum Gasteiger partial charge on any atom is -0.481 e. The van der Waals surface area contributed by atoms with Gasteiger partial charge in [-0.15, -0.1) is 0 Å². The first-order valence-corrected chi connectivity index (χ1v) is 6.61. The zero-order chi connectivity index (χ0) is 14.3. The van der Waals surface area contributed by atoms with Crippen LogP contribution < -0.4 is 0 Å². The number of carboxylic acid groups (broad SMARTS) is 1.